The first-order valence-corrected chi connectivity index (χ1v) is 12.9. The summed E-state index contributed by atoms with van der Waals surface area (Å²) in [7, 11) is -3.88. The molecule has 3 rings (SSSR count). The number of alkyl carbamates (subject to hydrolysis) is 1. The van der Waals surface area contributed by atoms with Crippen molar-refractivity contribution in [2.45, 2.75) is 44.5 Å². The van der Waals surface area contributed by atoms with Crippen molar-refractivity contribution < 1.29 is 23.1 Å². The lowest BCUT2D eigenvalue weighted by molar-refractivity contribution is 0.0194. The molecule has 0 spiro atoms. The Balaban J connectivity index is 1.57. The van der Waals surface area contributed by atoms with Gasteiger partial charge in [0.15, 0.2) is 5.03 Å². The van der Waals surface area contributed by atoms with Crippen molar-refractivity contribution in [2.75, 3.05) is 13.1 Å². The highest BCUT2D eigenvalue weighted by Crippen LogP contribution is 2.29. The maximum Gasteiger partial charge on any atom is 0.407 e. The number of aromatic nitrogens is 3. The van der Waals surface area contributed by atoms with Crippen LogP contribution in [-0.4, -0.2) is 59.5 Å². The first-order chi connectivity index (χ1) is 16.4. The summed E-state index contributed by atoms with van der Waals surface area (Å²) < 4.78 is 34.1. The van der Waals surface area contributed by atoms with E-state index in [0.717, 1.165) is 5.52 Å². The van der Waals surface area contributed by atoms with Crippen LogP contribution in [0.2, 0.25) is 10.0 Å². The third-order valence-corrected chi connectivity index (χ3v) is 7.21. The van der Waals surface area contributed by atoms with Gasteiger partial charge in [0.2, 0.25) is 0 Å². The van der Waals surface area contributed by atoms with E-state index in [1.807, 2.05) is 25.3 Å². The number of sulfonamides is 1. The van der Waals surface area contributed by atoms with Gasteiger partial charge < -0.3 is 19.7 Å². The number of nitrogens with zero attached hydrogens (tertiary/aromatic N) is 3. The number of aliphatic hydroxyl groups excluding tert-OH is 1. The molecule has 0 saturated carbocycles. The number of hydrogen-bond acceptors (Lipinski definition) is 7. The van der Waals surface area contributed by atoms with Gasteiger partial charge in [0.05, 0.1) is 40.1 Å². The Morgan fingerprint density at radius 3 is 2.54 bits per heavy atom. The van der Waals surface area contributed by atoms with Crippen molar-refractivity contribution in [2.24, 2.45) is 5.41 Å². The molecule has 1 aromatic carbocycles. The van der Waals surface area contributed by atoms with Crippen LogP contribution in [-0.2, 0) is 21.3 Å². The first-order valence-electron chi connectivity index (χ1n) is 10.7. The molecule has 0 radical (unpaired) electrons. The van der Waals surface area contributed by atoms with Gasteiger partial charge in [-0.3, -0.25) is 0 Å². The van der Waals surface area contributed by atoms with Crippen LogP contribution in [0.15, 0.2) is 47.9 Å². The fourth-order valence-electron chi connectivity index (χ4n) is 3.10. The molecule has 0 saturated heterocycles. The van der Waals surface area contributed by atoms with E-state index in [-0.39, 0.29) is 18.1 Å². The zero-order chi connectivity index (χ0) is 25.8. The Bertz CT molecular complexity index is 1280. The Kier molecular flexibility index (Phi) is 8.60. The average molecular weight is 544 g/mol. The molecule has 2 aromatic heterocycles. The molecule has 3 aromatic rings. The molecule has 190 valence electrons. The van der Waals surface area contributed by atoms with Crippen molar-refractivity contribution >= 4 is 50.4 Å². The zero-order valence-corrected chi connectivity index (χ0v) is 21.7. The number of rotatable bonds is 9. The third kappa shape index (κ3) is 7.28. The van der Waals surface area contributed by atoms with E-state index < -0.39 is 33.7 Å². The molecule has 0 aliphatic rings. The van der Waals surface area contributed by atoms with E-state index in [9.17, 15) is 18.3 Å². The van der Waals surface area contributed by atoms with E-state index >= 15 is 0 Å². The van der Waals surface area contributed by atoms with Gasteiger partial charge >= 0.3 is 6.09 Å². The van der Waals surface area contributed by atoms with Gasteiger partial charge in [-0.1, -0.05) is 50.0 Å². The van der Waals surface area contributed by atoms with Crippen LogP contribution in [0.3, 0.4) is 0 Å². The number of ether oxygens (including phenoxy) is 1. The summed E-state index contributed by atoms with van der Waals surface area (Å²) in [6, 6.07) is 7.84. The zero-order valence-electron chi connectivity index (χ0n) is 19.4. The predicted octanol–water partition coefficient (Wildman–Crippen LogP) is 3.22. The number of pyridine rings is 1. The quantitative estimate of drug-likeness (QED) is 0.377. The largest absolute Gasteiger partial charge is 0.444 e. The van der Waals surface area contributed by atoms with Crippen LogP contribution in [0.25, 0.3) is 11.0 Å². The summed E-state index contributed by atoms with van der Waals surface area (Å²) in [6.07, 6.45) is 0.481. The second-order valence-electron chi connectivity index (χ2n) is 8.97. The molecule has 10 nitrogen and oxygen atoms in total. The number of aliphatic hydroxyl groups is 1. The van der Waals surface area contributed by atoms with E-state index in [1.54, 1.807) is 24.5 Å². The normalized spacial score (nSPS) is 14.0. The standard InChI is InChI=1S/C22H27Cl2N5O5S/c1-22(2,3)19(12-29-13-27-17-8-15(23)16(24)9-18(17)29)34-21(31)26-10-14(30)11-28-35(32,33)20-6-4-5-7-25-20/h4-9,13-14,19,28,30H,10-12H2,1-3H3,(H,26,31)/t14-,19-/m1/s1. The molecule has 1 amide bonds. The van der Waals surface area contributed by atoms with Crippen LogP contribution < -0.4 is 10.0 Å². The second-order valence-corrected chi connectivity index (χ2v) is 11.5. The summed E-state index contributed by atoms with van der Waals surface area (Å²) in [6.45, 7) is 5.55. The second kappa shape index (κ2) is 11.1. The lowest BCUT2D eigenvalue weighted by Crippen LogP contribution is -2.43. The molecular formula is C22H27Cl2N5O5S. The van der Waals surface area contributed by atoms with Gasteiger partial charge in [-0.2, -0.15) is 0 Å². The fourth-order valence-corrected chi connectivity index (χ4v) is 4.43. The van der Waals surface area contributed by atoms with Crippen LogP contribution in [0, 0.1) is 5.41 Å². The van der Waals surface area contributed by atoms with Gasteiger partial charge in [0.25, 0.3) is 10.0 Å². The van der Waals surface area contributed by atoms with Gasteiger partial charge in [-0.15, -0.1) is 0 Å². The molecule has 0 bridgehead atoms. The number of imidazole rings is 1. The highest BCUT2D eigenvalue weighted by molar-refractivity contribution is 7.89. The number of amides is 1. The Morgan fingerprint density at radius 1 is 1.17 bits per heavy atom. The topological polar surface area (TPSA) is 135 Å². The minimum Gasteiger partial charge on any atom is -0.444 e. The Hall–Kier alpha value is -2.44. The number of nitrogens with one attached hydrogen (secondary N) is 2. The minimum atomic E-state index is -3.88. The smallest absolute Gasteiger partial charge is 0.407 e. The highest BCUT2D eigenvalue weighted by atomic mass is 35.5. The molecule has 0 unspecified atom stereocenters. The van der Waals surface area contributed by atoms with Crippen LogP contribution in [0.5, 0.6) is 0 Å². The maximum atomic E-state index is 12.5. The van der Waals surface area contributed by atoms with Gasteiger partial charge in [-0.25, -0.2) is 27.9 Å². The molecule has 35 heavy (non-hydrogen) atoms. The Labute approximate surface area is 213 Å². The number of fused-ring (bicyclic) bond motifs is 1. The molecule has 2 atom stereocenters. The Morgan fingerprint density at radius 2 is 1.89 bits per heavy atom. The fraction of sp³-hybridized carbons (Fsp3) is 0.409. The lowest BCUT2D eigenvalue weighted by Gasteiger charge is -2.31. The van der Waals surface area contributed by atoms with Crippen LogP contribution >= 0.6 is 23.2 Å². The van der Waals surface area contributed by atoms with E-state index in [1.165, 1.54) is 18.3 Å². The van der Waals surface area contributed by atoms with Gasteiger partial charge in [0.1, 0.15) is 6.10 Å². The lowest BCUT2D eigenvalue weighted by atomic mass is 9.89. The predicted molar refractivity (Wildman–Crippen MR) is 133 cm³/mol. The van der Waals surface area contributed by atoms with Crippen molar-refractivity contribution in [1.82, 2.24) is 24.6 Å². The van der Waals surface area contributed by atoms with Crippen molar-refractivity contribution in [3.8, 4) is 0 Å². The number of carbonyl (C=O) groups is 1. The summed E-state index contributed by atoms with van der Waals surface area (Å²) in [4.78, 5) is 20.6. The van der Waals surface area contributed by atoms with E-state index in [2.05, 4.69) is 20.0 Å². The SMILES string of the molecule is CC(C)(C)[C@@H](Cn1cnc2cc(Cl)c(Cl)cc21)OC(=O)NC[C@@H](O)CNS(=O)(=O)c1ccccn1. The first kappa shape index (κ1) is 27.2. The van der Waals surface area contributed by atoms with Crippen molar-refractivity contribution in [3.05, 3.63) is 52.9 Å². The van der Waals surface area contributed by atoms with Crippen molar-refractivity contribution in [3.63, 3.8) is 0 Å². The summed E-state index contributed by atoms with van der Waals surface area (Å²) in [5.41, 5.74) is 0.974. The number of benzene rings is 1. The van der Waals surface area contributed by atoms with Crippen molar-refractivity contribution in [1.29, 1.82) is 0 Å². The minimum absolute atomic E-state index is 0.164. The molecule has 0 aliphatic heterocycles. The third-order valence-electron chi connectivity index (χ3n) is 5.14. The molecule has 0 fully saturated rings. The van der Waals surface area contributed by atoms with E-state index in [0.29, 0.717) is 22.1 Å². The van der Waals surface area contributed by atoms with Gasteiger partial charge in [0, 0.05) is 24.7 Å². The van der Waals surface area contributed by atoms with Crippen LogP contribution in [0.1, 0.15) is 20.8 Å². The molecule has 2 heterocycles. The van der Waals surface area contributed by atoms with Crippen LogP contribution in [0.4, 0.5) is 4.79 Å². The molecular weight excluding hydrogens is 517 g/mol. The average Bonchev–Trinajstić information content (AvgIpc) is 3.17. The van der Waals surface area contributed by atoms with E-state index in [4.69, 9.17) is 27.9 Å². The summed E-state index contributed by atoms with van der Waals surface area (Å²) in [5, 5.41) is 13.2. The maximum absolute atomic E-state index is 12.5. The number of hydrogen-bond donors (Lipinski definition) is 3. The molecule has 13 heteroatoms. The highest BCUT2D eigenvalue weighted by Gasteiger charge is 2.30. The number of halogens is 2. The van der Waals surface area contributed by atoms with Gasteiger partial charge in [-0.05, 0) is 24.3 Å². The number of carbonyl (C=O) groups excluding carboxylic acids is 1. The molecule has 3 N–H and O–H groups in total. The monoisotopic (exact) mass is 543 g/mol. The molecule has 0 aliphatic carbocycles. The summed E-state index contributed by atoms with van der Waals surface area (Å²) in [5.74, 6) is 0. The summed E-state index contributed by atoms with van der Waals surface area (Å²) >= 11 is 12.2.